The number of hydrazine groups is 1. The second-order valence-corrected chi connectivity index (χ2v) is 3.89. The molecule has 0 rings (SSSR count). The van der Waals surface area contributed by atoms with Gasteiger partial charge in [0.25, 0.3) is 0 Å². The first-order valence-corrected chi connectivity index (χ1v) is 5.23. The molecule has 0 saturated heterocycles. The van der Waals surface area contributed by atoms with E-state index in [4.69, 9.17) is 15.3 Å². The zero-order valence-electron chi connectivity index (χ0n) is 9.58. The van der Waals surface area contributed by atoms with Crippen LogP contribution in [0, 0.1) is 5.92 Å². The molecule has 0 radical (unpaired) electrons. The molecule has 4 heteroatoms. The van der Waals surface area contributed by atoms with Crippen molar-refractivity contribution >= 4 is 0 Å². The van der Waals surface area contributed by atoms with Gasteiger partial charge in [-0.25, -0.2) is 0 Å². The van der Waals surface area contributed by atoms with E-state index in [1.54, 1.807) is 7.11 Å². The van der Waals surface area contributed by atoms with E-state index in [0.717, 1.165) is 19.4 Å². The van der Waals surface area contributed by atoms with E-state index < -0.39 is 0 Å². The Bertz CT molecular complexity index is 121. The Hall–Kier alpha value is -0.160. The highest BCUT2D eigenvalue weighted by molar-refractivity contribution is 4.64. The molecule has 1 atom stereocenters. The Morgan fingerprint density at radius 2 is 1.93 bits per heavy atom. The maximum absolute atomic E-state index is 5.43. The van der Waals surface area contributed by atoms with Crippen LogP contribution in [0.4, 0.5) is 0 Å². The van der Waals surface area contributed by atoms with Crippen molar-refractivity contribution in [3.63, 3.8) is 0 Å². The summed E-state index contributed by atoms with van der Waals surface area (Å²) in [6, 6.07) is 0.359. The molecule has 0 bridgehead atoms. The van der Waals surface area contributed by atoms with E-state index >= 15 is 0 Å². The third-order valence-electron chi connectivity index (χ3n) is 2.03. The van der Waals surface area contributed by atoms with E-state index in [0.29, 0.717) is 25.2 Å². The van der Waals surface area contributed by atoms with Crippen LogP contribution in [0.25, 0.3) is 0 Å². The minimum Gasteiger partial charge on any atom is -0.382 e. The first-order valence-electron chi connectivity index (χ1n) is 5.23. The molecule has 0 aromatic heterocycles. The van der Waals surface area contributed by atoms with Gasteiger partial charge in [-0.3, -0.25) is 11.3 Å². The van der Waals surface area contributed by atoms with Crippen LogP contribution in [0.1, 0.15) is 26.7 Å². The zero-order valence-corrected chi connectivity index (χ0v) is 9.58. The fourth-order valence-electron chi connectivity index (χ4n) is 1.31. The van der Waals surface area contributed by atoms with Crippen molar-refractivity contribution in [1.82, 2.24) is 5.43 Å². The molecule has 0 fully saturated rings. The van der Waals surface area contributed by atoms with Gasteiger partial charge in [0, 0.05) is 19.8 Å². The lowest BCUT2D eigenvalue weighted by Gasteiger charge is -2.17. The van der Waals surface area contributed by atoms with Gasteiger partial charge in [-0.2, -0.15) is 0 Å². The topological polar surface area (TPSA) is 56.5 Å². The van der Waals surface area contributed by atoms with Crippen LogP contribution in [-0.4, -0.2) is 33.0 Å². The van der Waals surface area contributed by atoms with Crippen molar-refractivity contribution in [2.45, 2.75) is 32.7 Å². The molecule has 0 aromatic carbocycles. The van der Waals surface area contributed by atoms with Crippen molar-refractivity contribution in [2.24, 2.45) is 11.8 Å². The van der Waals surface area contributed by atoms with Crippen molar-refractivity contribution < 1.29 is 9.47 Å². The molecule has 1 unspecified atom stereocenters. The van der Waals surface area contributed by atoms with Gasteiger partial charge in [0.05, 0.1) is 13.2 Å². The minimum absolute atomic E-state index is 0.359. The fraction of sp³-hybridized carbons (Fsp3) is 1.00. The lowest BCUT2D eigenvalue weighted by molar-refractivity contribution is 0.0649. The SMILES string of the molecule is COCCOCCC(CC(C)C)NN. The van der Waals surface area contributed by atoms with Crippen LogP contribution in [0.2, 0.25) is 0 Å². The molecule has 0 aromatic rings. The second kappa shape index (κ2) is 9.40. The Morgan fingerprint density at radius 3 is 2.43 bits per heavy atom. The van der Waals surface area contributed by atoms with Crippen molar-refractivity contribution in [1.29, 1.82) is 0 Å². The summed E-state index contributed by atoms with van der Waals surface area (Å²) in [5, 5.41) is 0. The molecule has 0 aliphatic carbocycles. The van der Waals surface area contributed by atoms with Crippen LogP contribution in [0.5, 0.6) is 0 Å². The van der Waals surface area contributed by atoms with Crippen LogP contribution >= 0.6 is 0 Å². The molecule has 86 valence electrons. The summed E-state index contributed by atoms with van der Waals surface area (Å²) in [6.07, 6.45) is 2.04. The number of ether oxygens (including phenoxy) is 2. The Morgan fingerprint density at radius 1 is 1.21 bits per heavy atom. The van der Waals surface area contributed by atoms with Gasteiger partial charge in [0.1, 0.15) is 0 Å². The number of methoxy groups -OCH3 is 1. The van der Waals surface area contributed by atoms with Gasteiger partial charge in [-0.15, -0.1) is 0 Å². The van der Waals surface area contributed by atoms with E-state index in [1.807, 2.05) is 0 Å². The number of hydrogen-bond acceptors (Lipinski definition) is 4. The van der Waals surface area contributed by atoms with E-state index in [1.165, 1.54) is 0 Å². The van der Waals surface area contributed by atoms with E-state index in [-0.39, 0.29) is 0 Å². The van der Waals surface area contributed by atoms with Gasteiger partial charge in [0.2, 0.25) is 0 Å². The fourth-order valence-corrected chi connectivity index (χ4v) is 1.31. The average molecular weight is 204 g/mol. The van der Waals surface area contributed by atoms with Crippen LogP contribution in [-0.2, 0) is 9.47 Å². The Balaban J connectivity index is 3.33. The van der Waals surface area contributed by atoms with E-state index in [9.17, 15) is 0 Å². The highest BCUT2D eigenvalue weighted by atomic mass is 16.5. The standard InChI is InChI=1S/C10H24N2O2/c1-9(2)8-10(12-11)4-5-14-7-6-13-3/h9-10,12H,4-8,11H2,1-3H3. The van der Waals surface area contributed by atoms with Crippen molar-refractivity contribution in [3.8, 4) is 0 Å². The third kappa shape index (κ3) is 8.44. The Labute approximate surface area is 87.1 Å². The normalized spacial score (nSPS) is 13.5. The number of nitrogens with two attached hydrogens (primary N) is 1. The highest BCUT2D eigenvalue weighted by Crippen LogP contribution is 2.06. The summed E-state index contributed by atoms with van der Waals surface area (Å²) in [6.45, 7) is 6.44. The average Bonchev–Trinajstić information content (AvgIpc) is 2.15. The molecule has 0 aliphatic rings. The third-order valence-corrected chi connectivity index (χ3v) is 2.03. The predicted molar refractivity (Wildman–Crippen MR) is 57.9 cm³/mol. The van der Waals surface area contributed by atoms with Gasteiger partial charge < -0.3 is 9.47 Å². The van der Waals surface area contributed by atoms with Gasteiger partial charge in [-0.1, -0.05) is 13.8 Å². The molecule has 0 heterocycles. The minimum atomic E-state index is 0.359. The maximum atomic E-state index is 5.43. The van der Waals surface area contributed by atoms with Crippen LogP contribution in [0.3, 0.4) is 0 Å². The molecule has 4 nitrogen and oxygen atoms in total. The first-order chi connectivity index (χ1) is 6.70. The summed E-state index contributed by atoms with van der Waals surface area (Å²) in [4.78, 5) is 0. The number of nitrogens with one attached hydrogen (secondary N) is 1. The lowest BCUT2D eigenvalue weighted by atomic mass is 10.0. The highest BCUT2D eigenvalue weighted by Gasteiger charge is 2.08. The van der Waals surface area contributed by atoms with Crippen molar-refractivity contribution in [2.75, 3.05) is 26.9 Å². The summed E-state index contributed by atoms with van der Waals surface area (Å²) in [5.74, 6) is 6.09. The van der Waals surface area contributed by atoms with Crippen LogP contribution in [0.15, 0.2) is 0 Å². The predicted octanol–water partition coefficient (Wildman–Crippen LogP) is 0.918. The molecule has 14 heavy (non-hydrogen) atoms. The molecule has 0 aliphatic heterocycles. The molecule has 0 spiro atoms. The summed E-state index contributed by atoms with van der Waals surface area (Å²) in [5.41, 5.74) is 2.81. The second-order valence-electron chi connectivity index (χ2n) is 3.89. The maximum Gasteiger partial charge on any atom is 0.0700 e. The molecular formula is C10H24N2O2. The molecule has 0 amide bonds. The number of hydrogen-bond donors (Lipinski definition) is 2. The lowest BCUT2D eigenvalue weighted by Crippen LogP contribution is -2.37. The van der Waals surface area contributed by atoms with Gasteiger partial charge in [0.15, 0.2) is 0 Å². The monoisotopic (exact) mass is 204 g/mol. The summed E-state index contributed by atoms with van der Waals surface area (Å²) >= 11 is 0. The van der Waals surface area contributed by atoms with Gasteiger partial charge >= 0.3 is 0 Å². The zero-order chi connectivity index (χ0) is 10.8. The molecule has 0 saturated carbocycles. The smallest absolute Gasteiger partial charge is 0.0700 e. The van der Waals surface area contributed by atoms with Gasteiger partial charge in [-0.05, 0) is 18.8 Å². The van der Waals surface area contributed by atoms with Crippen molar-refractivity contribution in [3.05, 3.63) is 0 Å². The van der Waals surface area contributed by atoms with E-state index in [2.05, 4.69) is 19.3 Å². The summed E-state index contributed by atoms with van der Waals surface area (Å²) < 4.78 is 10.2. The van der Waals surface area contributed by atoms with Crippen LogP contribution < -0.4 is 11.3 Å². The molecule has 3 N–H and O–H groups in total. The Kier molecular flexibility index (Phi) is 9.29. The summed E-state index contributed by atoms with van der Waals surface area (Å²) in [7, 11) is 1.67. The first kappa shape index (κ1) is 13.8. The quantitative estimate of drug-likeness (QED) is 0.333. The largest absolute Gasteiger partial charge is 0.382 e. The molecular weight excluding hydrogens is 180 g/mol. The number of rotatable bonds is 9.